The van der Waals surface area contributed by atoms with Gasteiger partial charge in [0.15, 0.2) is 0 Å². The Morgan fingerprint density at radius 1 is 1.30 bits per heavy atom. The van der Waals surface area contributed by atoms with Gasteiger partial charge in [-0.05, 0) is 18.9 Å². The van der Waals surface area contributed by atoms with Crippen molar-refractivity contribution in [2.24, 2.45) is 0 Å². The summed E-state index contributed by atoms with van der Waals surface area (Å²) in [6, 6.07) is 4.20. The number of nitro benzene ring substituents is 1. The Balaban J connectivity index is 2.57. The minimum absolute atomic E-state index is 0.0698. The Morgan fingerprint density at radius 3 is 2.65 bits per heavy atom. The van der Waals surface area contributed by atoms with E-state index in [1.165, 1.54) is 18.2 Å². The molecule has 20 heavy (non-hydrogen) atoms. The highest BCUT2D eigenvalue weighted by Gasteiger charge is 2.22. The van der Waals surface area contributed by atoms with Crippen molar-refractivity contribution in [3.63, 3.8) is 0 Å². The number of nitro groups is 1. The highest BCUT2D eigenvalue weighted by Crippen LogP contribution is 2.25. The number of alkyl halides is 1. The first-order valence-corrected chi connectivity index (χ1v) is 7.85. The second kappa shape index (κ2) is 8.92. The SMILES string of the molecule is O=C(NCCCCCCBr)c1c(Cl)cccc1[N+](=O)[O-]. The van der Waals surface area contributed by atoms with Gasteiger partial charge in [-0.2, -0.15) is 0 Å². The van der Waals surface area contributed by atoms with Crippen molar-refractivity contribution in [1.82, 2.24) is 5.32 Å². The van der Waals surface area contributed by atoms with Crippen molar-refractivity contribution in [2.75, 3.05) is 11.9 Å². The number of rotatable bonds is 8. The van der Waals surface area contributed by atoms with Gasteiger partial charge in [-0.25, -0.2) is 0 Å². The van der Waals surface area contributed by atoms with Crippen LogP contribution in [0.5, 0.6) is 0 Å². The maximum atomic E-state index is 12.0. The molecule has 0 atom stereocenters. The number of benzene rings is 1. The molecule has 0 fully saturated rings. The lowest BCUT2D eigenvalue weighted by molar-refractivity contribution is -0.385. The molecule has 0 unspecified atom stereocenters. The van der Waals surface area contributed by atoms with Gasteiger partial charge in [-0.1, -0.05) is 46.4 Å². The summed E-state index contributed by atoms with van der Waals surface area (Å²) >= 11 is 9.23. The number of hydrogen-bond donors (Lipinski definition) is 1. The van der Waals surface area contributed by atoms with Crippen LogP contribution in [0.3, 0.4) is 0 Å². The molecule has 110 valence electrons. The van der Waals surface area contributed by atoms with Crippen LogP contribution in [0, 0.1) is 10.1 Å². The highest BCUT2D eigenvalue weighted by molar-refractivity contribution is 9.09. The molecule has 0 heterocycles. The second-order valence-electron chi connectivity index (χ2n) is 4.25. The maximum absolute atomic E-state index is 12.0. The number of amides is 1. The third-order valence-electron chi connectivity index (χ3n) is 2.76. The van der Waals surface area contributed by atoms with Crippen molar-refractivity contribution in [3.8, 4) is 0 Å². The Hall–Kier alpha value is -1.14. The van der Waals surface area contributed by atoms with Gasteiger partial charge < -0.3 is 5.32 Å². The molecule has 0 spiro atoms. The van der Waals surface area contributed by atoms with Gasteiger partial charge in [0, 0.05) is 17.9 Å². The zero-order valence-electron chi connectivity index (χ0n) is 10.9. The van der Waals surface area contributed by atoms with Gasteiger partial charge in [0.2, 0.25) is 0 Å². The third-order valence-corrected chi connectivity index (χ3v) is 3.64. The molecule has 1 N–H and O–H groups in total. The summed E-state index contributed by atoms with van der Waals surface area (Å²) in [5.74, 6) is -0.497. The van der Waals surface area contributed by atoms with E-state index in [1.807, 2.05) is 0 Å². The average Bonchev–Trinajstić information content (AvgIpc) is 2.42. The first-order chi connectivity index (χ1) is 9.57. The maximum Gasteiger partial charge on any atom is 0.283 e. The third kappa shape index (κ3) is 5.09. The van der Waals surface area contributed by atoms with Crippen molar-refractivity contribution < 1.29 is 9.72 Å². The zero-order chi connectivity index (χ0) is 15.0. The minimum Gasteiger partial charge on any atom is -0.352 e. The van der Waals surface area contributed by atoms with Crippen LogP contribution in [0.4, 0.5) is 5.69 Å². The van der Waals surface area contributed by atoms with Gasteiger partial charge in [-0.3, -0.25) is 14.9 Å². The quantitative estimate of drug-likeness (QED) is 0.329. The smallest absolute Gasteiger partial charge is 0.283 e. The fraction of sp³-hybridized carbons (Fsp3) is 0.462. The number of halogens is 2. The molecule has 1 aromatic carbocycles. The monoisotopic (exact) mass is 362 g/mol. The summed E-state index contributed by atoms with van der Waals surface area (Å²) in [4.78, 5) is 22.3. The van der Waals surface area contributed by atoms with Crippen molar-refractivity contribution in [2.45, 2.75) is 25.7 Å². The normalized spacial score (nSPS) is 10.3. The zero-order valence-corrected chi connectivity index (χ0v) is 13.2. The second-order valence-corrected chi connectivity index (χ2v) is 5.45. The number of unbranched alkanes of at least 4 members (excludes halogenated alkanes) is 3. The van der Waals surface area contributed by atoms with E-state index in [9.17, 15) is 14.9 Å². The van der Waals surface area contributed by atoms with Gasteiger partial charge in [0.05, 0.1) is 9.95 Å². The molecule has 5 nitrogen and oxygen atoms in total. The van der Waals surface area contributed by atoms with Gasteiger partial charge in [0.1, 0.15) is 5.56 Å². The van der Waals surface area contributed by atoms with E-state index in [4.69, 9.17) is 11.6 Å². The minimum atomic E-state index is -0.600. The summed E-state index contributed by atoms with van der Waals surface area (Å²) < 4.78 is 0. The first-order valence-electron chi connectivity index (χ1n) is 6.35. The molecule has 0 aliphatic rings. The van der Waals surface area contributed by atoms with Crippen molar-refractivity contribution in [3.05, 3.63) is 38.9 Å². The van der Waals surface area contributed by atoms with Crippen LogP contribution in [0.1, 0.15) is 36.0 Å². The molecular formula is C13H16BrClN2O3. The van der Waals surface area contributed by atoms with E-state index in [1.54, 1.807) is 0 Å². The summed E-state index contributed by atoms with van der Waals surface area (Å²) in [5.41, 5.74) is -0.339. The summed E-state index contributed by atoms with van der Waals surface area (Å²) in [5, 5.41) is 14.6. The van der Waals surface area contributed by atoms with E-state index >= 15 is 0 Å². The number of carbonyl (C=O) groups excluding carboxylic acids is 1. The van der Waals surface area contributed by atoms with E-state index in [2.05, 4.69) is 21.2 Å². The Labute approximate surface area is 131 Å². The lowest BCUT2D eigenvalue weighted by atomic mass is 10.1. The molecule has 1 rings (SSSR count). The molecule has 0 saturated carbocycles. The largest absolute Gasteiger partial charge is 0.352 e. The van der Waals surface area contributed by atoms with Crippen LogP contribution < -0.4 is 5.32 Å². The molecule has 1 amide bonds. The fourth-order valence-corrected chi connectivity index (χ4v) is 2.40. The molecule has 7 heteroatoms. The van der Waals surface area contributed by atoms with E-state index in [0.29, 0.717) is 6.54 Å². The summed E-state index contributed by atoms with van der Waals surface area (Å²) in [6.07, 6.45) is 4.05. The Bertz CT molecular complexity index is 483. The Morgan fingerprint density at radius 2 is 2.00 bits per heavy atom. The topological polar surface area (TPSA) is 72.2 Å². The highest BCUT2D eigenvalue weighted by atomic mass is 79.9. The van der Waals surface area contributed by atoms with Gasteiger partial charge in [0.25, 0.3) is 11.6 Å². The molecular weight excluding hydrogens is 348 g/mol. The average molecular weight is 364 g/mol. The van der Waals surface area contributed by atoms with Crippen LogP contribution >= 0.6 is 27.5 Å². The first kappa shape index (κ1) is 16.9. The predicted molar refractivity (Wildman–Crippen MR) is 82.7 cm³/mol. The van der Waals surface area contributed by atoms with Gasteiger partial charge in [-0.15, -0.1) is 0 Å². The van der Waals surface area contributed by atoms with Gasteiger partial charge >= 0.3 is 0 Å². The number of hydrogen-bond acceptors (Lipinski definition) is 3. The molecule has 0 aliphatic carbocycles. The molecule has 0 radical (unpaired) electrons. The fourth-order valence-electron chi connectivity index (χ4n) is 1.75. The lowest BCUT2D eigenvalue weighted by Crippen LogP contribution is -2.25. The van der Waals surface area contributed by atoms with E-state index in [0.717, 1.165) is 31.0 Å². The molecule has 0 aromatic heterocycles. The Kier molecular flexibility index (Phi) is 7.54. The molecule has 1 aromatic rings. The number of carbonyl (C=O) groups is 1. The standard InChI is InChI=1S/C13H16BrClN2O3/c14-8-3-1-2-4-9-16-13(18)12-10(15)6-5-7-11(12)17(19)20/h5-7H,1-4,8-9H2,(H,16,18). The van der Waals surface area contributed by atoms with Crippen LogP contribution in [0.25, 0.3) is 0 Å². The van der Waals surface area contributed by atoms with E-state index < -0.39 is 10.8 Å². The van der Waals surface area contributed by atoms with Crippen LogP contribution in [-0.2, 0) is 0 Å². The summed E-state index contributed by atoms with van der Waals surface area (Å²) in [7, 11) is 0. The lowest BCUT2D eigenvalue weighted by Gasteiger charge is -2.07. The van der Waals surface area contributed by atoms with E-state index in [-0.39, 0.29) is 16.3 Å². The molecule has 0 aliphatic heterocycles. The summed E-state index contributed by atoms with van der Waals surface area (Å²) in [6.45, 7) is 0.490. The van der Waals surface area contributed by atoms with Crippen LogP contribution in [-0.4, -0.2) is 22.7 Å². The van der Waals surface area contributed by atoms with Crippen LogP contribution in [0.2, 0.25) is 5.02 Å². The molecule has 0 bridgehead atoms. The number of nitrogens with one attached hydrogen (secondary N) is 1. The number of nitrogens with zero attached hydrogens (tertiary/aromatic N) is 1. The molecule has 0 saturated heterocycles. The van der Waals surface area contributed by atoms with Crippen molar-refractivity contribution >= 4 is 39.1 Å². The van der Waals surface area contributed by atoms with Crippen molar-refractivity contribution in [1.29, 1.82) is 0 Å². The van der Waals surface area contributed by atoms with Crippen LogP contribution in [0.15, 0.2) is 18.2 Å². The predicted octanol–water partition coefficient (Wildman–Crippen LogP) is 3.93.